The fourth-order valence-electron chi connectivity index (χ4n) is 4.01. The molecule has 2 amide bonds. The molecule has 0 unspecified atom stereocenters. The lowest BCUT2D eigenvalue weighted by Crippen LogP contribution is -2.35. The molecule has 0 N–H and O–H groups in total. The standard InChI is InChI=1S/C21H20Cl2N2O4/c1-11-6-14(12(2)24(11)9-13-4-3-5-29-13)19(26)10-25-20(27)15-7-17(22)18(23)8-16(15)21(25)28/h6-8,13H,3-5,9-10H2,1-2H3/t13-/m1/s1. The lowest BCUT2D eigenvalue weighted by atomic mass is 10.1. The van der Waals surface area contributed by atoms with E-state index in [2.05, 4.69) is 4.57 Å². The average molecular weight is 435 g/mol. The topological polar surface area (TPSA) is 68.6 Å². The first-order valence-corrected chi connectivity index (χ1v) is 10.2. The van der Waals surface area contributed by atoms with Crippen molar-refractivity contribution in [2.24, 2.45) is 0 Å². The molecule has 3 heterocycles. The predicted octanol–water partition coefficient (Wildman–Crippen LogP) is 4.07. The van der Waals surface area contributed by atoms with E-state index in [1.807, 2.05) is 13.8 Å². The van der Waals surface area contributed by atoms with E-state index in [-0.39, 0.29) is 39.6 Å². The third-order valence-electron chi connectivity index (χ3n) is 5.60. The van der Waals surface area contributed by atoms with Gasteiger partial charge in [0.05, 0.1) is 33.8 Å². The van der Waals surface area contributed by atoms with Crippen LogP contribution in [0, 0.1) is 13.8 Å². The van der Waals surface area contributed by atoms with Crippen molar-refractivity contribution in [3.63, 3.8) is 0 Å². The van der Waals surface area contributed by atoms with Crippen LogP contribution in [0.15, 0.2) is 18.2 Å². The number of imide groups is 1. The van der Waals surface area contributed by atoms with E-state index in [0.29, 0.717) is 12.1 Å². The molecule has 0 saturated carbocycles. The largest absolute Gasteiger partial charge is 0.376 e. The van der Waals surface area contributed by atoms with Crippen molar-refractivity contribution in [1.29, 1.82) is 0 Å². The van der Waals surface area contributed by atoms with Crippen LogP contribution < -0.4 is 0 Å². The number of amides is 2. The Morgan fingerprint density at radius 1 is 1.10 bits per heavy atom. The molecule has 2 aliphatic rings. The highest BCUT2D eigenvalue weighted by molar-refractivity contribution is 6.43. The van der Waals surface area contributed by atoms with Crippen LogP contribution in [0.1, 0.15) is 55.3 Å². The highest BCUT2D eigenvalue weighted by Crippen LogP contribution is 2.32. The molecule has 1 aromatic carbocycles. The number of aromatic nitrogens is 1. The molecule has 1 saturated heterocycles. The molecule has 2 aromatic rings. The summed E-state index contributed by atoms with van der Waals surface area (Å²) < 4.78 is 7.76. The third-order valence-corrected chi connectivity index (χ3v) is 6.32. The van der Waals surface area contributed by atoms with E-state index in [0.717, 1.165) is 35.7 Å². The summed E-state index contributed by atoms with van der Waals surface area (Å²) in [5, 5.41) is 0.384. The van der Waals surface area contributed by atoms with E-state index in [4.69, 9.17) is 27.9 Å². The highest BCUT2D eigenvalue weighted by Gasteiger charge is 2.38. The Balaban J connectivity index is 1.56. The molecular weight excluding hydrogens is 415 g/mol. The minimum absolute atomic E-state index is 0.147. The van der Waals surface area contributed by atoms with Crippen molar-refractivity contribution < 1.29 is 19.1 Å². The number of aryl methyl sites for hydroxylation is 1. The Hall–Kier alpha value is -2.15. The number of Topliss-reactive ketones (excluding diaryl/α,β-unsaturated/α-hetero) is 1. The zero-order valence-corrected chi connectivity index (χ0v) is 17.6. The minimum atomic E-state index is -0.537. The van der Waals surface area contributed by atoms with Crippen LogP contribution in [0.5, 0.6) is 0 Å². The molecule has 8 heteroatoms. The summed E-state index contributed by atoms with van der Waals surface area (Å²) in [6.45, 7) is 4.94. The Morgan fingerprint density at radius 3 is 2.28 bits per heavy atom. The highest BCUT2D eigenvalue weighted by atomic mass is 35.5. The van der Waals surface area contributed by atoms with Crippen molar-refractivity contribution in [3.05, 3.63) is 56.3 Å². The van der Waals surface area contributed by atoms with Crippen LogP contribution in [-0.4, -0.2) is 46.3 Å². The van der Waals surface area contributed by atoms with Crippen LogP contribution >= 0.6 is 23.2 Å². The molecule has 0 bridgehead atoms. The summed E-state index contributed by atoms with van der Waals surface area (Å²) in [5.74, 6) is -1.36. The second-order valence-electron chi connectivity index (χ2n) is 7.46. The van der Waals surface area contributed by atoms with Gasteiger partial charge in [0, 0.05) is 30.1 Å². The Bertz CT molecular complexity index is 997. The molecule has 1 fully saturated rings. The van der Waals surface area contributed by atoms with Gasteiger partial charge < -0.3 is 9.30 Å². The van der Waals surface area contributed by atoms with Gasteiger partial charge in [0.2, 0.25) is 0 Å². The van der Waals surface area contributed by atoms with Crippen molar-refractivity contribution in [1.82, 2.24) is 9.47 Å². The monoisotopic (exact) mass is 434 g/mol. The molecule has 1 atom stereocenters. The number of hydrogen-bond acceptors (Lipinski definition) is 4. The number of nitrogens with zero attached hydrogens (tertiary/aromatic N) is 2. The summed E-state index contributed by atoms with van der Waals surface area (Å²) in [5.41, 5.74) is 2.60. The number of rotatable bonds is 5. The van der Waals surface area contributed by atoms with Crippen LogP contribution in [0.3, 0.4) is 0 Å². The Labute approximate surface area is 178 Å². The summed E-state index contributed by atoms with van der Waals surface area (Å²) in [7, 11) is 0. The molecule has 29 heavy (non-hydrogen) atoms. The average Bonchev–Trinajstić information content (AvgIpc) is 3.35. The van der Waals surface area contributed by atoms with Gasteiger partial charge in [-0.1, -0.05) is 23.2 Å². The number of carbonyl (C=O) groups excluding carboxylic acids is 3. The summed E-state index contributed by atoms with van der Waals surface area (Å²) >= 11 is 11.9. The number of ether oxygens (including phenoxy) is 1. The normalized spacial score (nSPS) is 18.6. The molecule has 152 valence electrons. The molecule has 0 spiro atoms. The maximum atomic E-state index is 13.0. The SMILES string of the molecule is Cc1cc(C(=O)CN2C(=O)c3cc(Cl)c(Cl)cc3C2=O)c(C)n1C[C@H]1CCCO1. The van der Waals surface area contributed by atoms with Gasteiger partial charge in [-0.2, -0.15) is 0 Å². The van der Waals surface area contributed by atoms with Crippen molar-refractivity contribution in [2.45, 2.75) is 39.3 Å². The van der Waals surface area contributed by atoms with Gasteiger partial charge >= 0.3 is 0 Å². The van der Waals surface area contributed by atoms with Gasteiger partial charge in [-0.15, -0.1) is 0 Å². The van der Waals surface area contributed by atoms with E-state index in [9.17, 15) is 14.4 Å². The predicted molar refractivity (Wildman–Crippen MR) is 109 cm³/mol. The molecule has 4 rings (SSSR count). The molecular formula is C21H20Cl2N2O4. The van der Waals surface area contributed by atoms with Gasteiger partial charge in [-0.25, -0.2) is 0 Å². The Morgan fingerprint density at radius 2 is 1.72 bits per heavy atom. The molecule has 1 aromatic heterocycles. The zero-order chi connectivity index (χ0) is 20.9. The first-order valence-electron chi connectivity index (χ1n) is 9.44. The minimum Gasteiger partial charge on any atom is -0.376 e. The van der Waals surface area contributed by atoms with Gasteiger partial charge in [0.1, 0.15) is 0 Å². The molecule has 6 nitrogen and oxygen atoms in total. The van der Waals surface area contributed by atoms with Gasteiger partial charge in [-0.05, 0) is 44.9 Å². The molecule has 2 aliphatic heterocycles. The summed E-state index contributed by atoms with van der Waals surface area (Å²) in [6.07, 6.45) is 2.19. The number of hydrogen-bond donors (Lipinski definition) is 0. The number of benzene rings is 1. The molecule has 0 radical (unpaired) electrons. The number of carbonyl (C=O) groups is 3. The summed E-state index contributed by atoms with van der Waals surface area (Å²) in [6, 6.07) is 4.55. The second kappa shape index (κ2) is 7.59. The quantitative estimate of drug-likeness (QED) is 0.525. The van der Waals surface area contributed by atoms with Gasteiger partial charge in [0.25, 0.3) is 11.8 Å². The maximum Gasteiger partial charge on any atom is 0.262 e. The van der Waals surface area contributed by atoms with Gasteiger partial charge in [0.15, 0.2) is 5.78 Å². The second-order valence-corrected chi connectivity index (χ2v) is 8.28. The maximum absolute atomic E-state index is 13.0. The zero-order valence-electron chi connectivity index (χ0n) is 16.1. The number of fused-ring (bicyclic) bond motifs is 1. The number of ketones is 1. The lowest BCUT2D eigenvalue weighted by molar-refractivity contribution is 0.0624. The van der Waals surface area contributed by atoms with Crippen molar-refractivity contribution in [2.75, 3.05) is 13.2 Å². The third kappa shape index (κ3) is 3.50. The van der Waals surface area contributed by atoms with E-state index >= 15 is 0 Å². The first-order chi connectivity index (χ1) is 13.8. The fraction of sp³-hybridized carbons (Fsp3) is 0.381. The van der Waals surface area contributed by atoms with Gasteiger partial charge in [-0.3, -0.25) is 19.3 Å². The first kappa shape index (κ1) is 20.1. The van der Waals surface area contributed by atoms with Crippen LogP contribution in [0.2, 0.25) is 10.0 Å². The van der Waals surface area contributed by atoms with Crippen molar-refractivity contribution >= 4 is 40.8 Å². The van der Waals surface area contributed by atoms with Crippen LogP contribution in [0.25, 0.3) is 0 Å². The van der Waals surface area contributed by atoms with E-state index in [1.165, 1.54) is 12.1 Å². The lowest BCUT2D eigenvalue weighted by Gasteiger charge is -2.15. The smallest absolute Gasteiger partial charge is 0.262 e. The van der Waals surface area contributed by atoms with Crippen molar-refractivity contribution in [3.8, 4) is 0 Å². The summed E-state index contributed by atoms with van der Waals surface area (Å²) in [4.78, 5) is 39.2. The van der Waals surface area contributed by atoms with Crippen LogP contribution in [0.4, 0.5) is 0 Å². The Kier molecular flexibility index (Phi) is 5.27. The van der Waals surface area contributed by atoms with E-state index in [1.54, 1.807) is 6.07 Å². The number of halogens is 2. The fourth-order valence-corrected chi connectivity index (χ4v) is 4.34. The van der Waals surface area contributed by atoms with Crippen LogP contribution in [-0.2, 0) is 11.3 Å². The molecule has 0 aliphatic carbocycles. The van der Waals surface area contributed by atoms with E-state index < -0.39 is 11.8 Å².